The van der Waals surface area contributed by atoms with Gasteiger partial charge in [-0.2, -0.15) is 5.10 Å². The number of carbonyl (C=O) groups is 1. The normalized spacial score (nSPS) is 14.6. The van der Waals surface area contributed by atoms with Crippen molar-refractivity contribution >= 4 is 29.1 Å². The van der Waals surface area contributed by atoms with Gasteiger partial charge in [0.15, 0.2) is 12.4 Å². The molecule has 0 N–H and O–H groups in total. The van der Waals surface area contributed by atoms with Crippen LogP contribution in [0.15, 0.2) is 54.7 Å². The second-order valence-corrected chi connectivity index (χ2v) is 8.03. The largest absolute Gasteiger partial charge is 0.470 e. The van der Waals surface area contributed by atoms with E-state index in [9.17, 15) is 9.18 Å². The number of rotatable bonds is 6. The van der Waals surface area contributed by atoms with Crippen LogP contribution in [-0.2, 0) is 13.3 Å². The van der Waals surface area contributed by atoms with Gasteiger partial charge in [-0.3, -0.25) is 9.69 Å². The van der Waals surface area contributed by atoms with Crippen LogP contribution in [0.1, 0.15) is 16.1 Å². The molecule has 2 heterocycles. The lowest BCUT2D eigenvalue weighted by Gasteiger charge is -2.34. The van der Waals surface area contributed by atoms with Gasteiger partial charge in [-0.1, -0.05) is 41.4 Å². The van der Waals surface area contributed by atoms with Gasteiger partial charge in [0, 0.05) is 49.5 Å². The number of nitrogens with zero attached hydrogens (tertiary/aromatic N) is 4. The Balaban J connectivity index is 1.30. The Morgan fingerprint density at radius 3 is 2.48 bits per heavy atom. The Kier molecular flexibility index (Phi) is 6.75. The molecule has 1 aliphatic heterocycles. The van der Waals surface area contributed by atoms with E-state index >= 15 is 0 Å². The first-order valence-corrected chi connectivity index (χ1v) is 10.6. The second-order valence-electron chi connectivity index (χ2n) is 7.21. The summed E-state index contributed by atoms with van der Waals surface area (Å²) in [6.45, 7) is 2.90. The van der Waals surface area contributed by atoms with Crippen molar-refractivity contribution in [1.29, 1.82) is 0 Å². The summed E-state index contributed by atoms with van der Waals surface area (Å²) in [7, 11) is 0. The van der Waals surface area contributed by atoms with Gasteiger partial charge in [0.2, 0.25) is 0 Å². The molecule has 0 radical (unpaired) electrons. The number of benzene rings is 2. The third kappa shape index (κ3) is 5.18. The van der Waals surface area contributed by atoms with Gasteiger partial charge >= 0.3 is 0 Å². The molecule has 162 valence electrons. The summed E-state index contributed by atoms with van der Waals surface area (Å²) in [6.07, 6.45) is 1.69. The highest BCUT2D eigenvalue weighted by Crippen LogP contribution is 2.24. The average Bonchev–Trinajstić information content (AvgIpc) is 3.25. The van der Waals surface area contributed by atoms with Gasteiger partial charge in [0.05, 0.1) is 5.02 Å². The Morgan fingerprint density at radius 1 is 1.00 bits per heavy atom. The highest BCUT2D eigenvalue weighted by atomic mass is 35.5. The van der Waals surface area contributed by atoms with Crippen LogP contribution < -0.4 is 4.74 Å². The van der Waals surface area contributed by atoms with E-state index < -0.39 is 0 Å². The highest BCUT2D eigenvalue weighted by Gasteiger charge is 2.24. The van der Waals surface area contributed by atoms with Crippen molar-refractivity contribution in [3.05, 3.63) is 81.8 Å². The first-order valence-electron chi connectivity index (χ1n) is 9.86. The summed E-state index contributed by atoms with van der Waals surface area (Å²) in [5.74, 6) is 0.106. The Hall–Kier alpha value is -2.61. The molecule has 6 nitrogen and oxygen atoms in total. The fourth-order valence-electron chi connectivity index (χ4n) is 3.42. The summed E-state index contributed by atoms with van der Waals surface area (Å²) in [6, 6.07) is 13.5. The molecule has 3 aromatic rings. The molecule has 1 aliphatic rings. The number of aromatic nitrogens is 2. The topological polar surface area (TPSA) is 50.6 Å². The Labute approximate surface area is 189 Å². The summed E-state index contributed by atoms with van der Waals surface area (Å²) >= 11 is 12.2. The Bertz CT molecular complexity index is 1050. The molecule has 0 saturated carbocycles. The molecule has 4 rings (SSSR count). The molecule has 1 amide bonds. The monoisotopic (exact) mass is 462 g/mol. The van der Waals surface area contributed by atoms with Crippen molar-refractivity contribution < 1.29 is 13.9 Å². The maximum atomic E-state index is 14.0. The molecule has 0 aliphatic carbocycles. The van der Waals surface area contributed by atoms with Crippen LogP contribution in [0.5, 0.6) is 5.75 Å². The van der Waals surface area contributed by atoms with Gasteiger partial charge in [0.25, 0.3) is 5.91 Å². The quantitative estimate of drug-likeness (QED) is 0.547. The molecule has 1 fully saturated rings. The van der Waals surface area contributed by atoms with Gasteiger partial charge < -0.3 is 9.64 Å². The molecular formula is C22H21Cl2FN4O2. The van der Waals surface area contributed by atoms with Crippen LogP contribution >= 0.6 is 23.2 Å². The van der Waals surface area contributed by atoms with Crippen molar-refractivity contribution in [2.75, 3.05) is 26.2 Å². The maximum absolute atomic E-state index is 14.0. The van der Waals surface area contributed by atoms with Crippen molar-refractivity contribution in [3.63, 3.8) is 0 Å². The van der Waals surface area contributed by atoms with Crippen molar-refractivity contribution in [3.8, 4) is 5.75 Å². The standard InChI is InChI=1S/C22H21Cl2FN4O2/c23-17-5-3-6-19(25)16(17)14-27-10-12-28(13-11-27)22(30)20-8-9-29(26-20)15-31-21-7-2-1-4-18(21)24/h1-9H,10-15H2. The number of ether oxygens (including phenoxy) is 1. The van der Waals surface area contributed by atoms with Crippen LogP contribution in [-0.4, -0.2) is 51.7 Å². The van der Waals surface area contributed by atoms with E-state index in [4.69, 9.17) is 27.9 Å². The maximum Gasteiger partial charge on any atom is 0.274 e. The molecule has 0 atom stereocenters. The minimum absolute atomic E-state index is 0.139. The summed E-state index contributed by atoms with van der Waals surface area (Å²) in [4.78, 5) is 16.6. The molecule has 31 heavy (non-hydrogen) atoms. The van der Waals surface area contributed by atoms with Crippen LogP contribution in [0.25, 0.3) is 0 Å². The van der Waals surface area contributed by atoms with E-state index in [0.29, 0.717) is 59.8 Å². The van der Waals surface area contributed by atoms with Gasteiger partial charge in [0.1, 0.15) is 11.6 Å². The molecule has 0 bridgehead atoms. The van der Waals surface area contributed by atoms with Crippen LogP contribution in [0.3, 0.4) is 0 Å². The molecule has 2 aromatic carbocycles. The fraction of sp³-hybridized carbons (Fsp3) is 0.273. The van der Waals surface area contributed by atoms with Crippen LogP contribution in [0.4, 0.5) is 4.39 Å². The fourth-order valence-corrected chi connectivity index (χ4v) is 3.84. The number of piperazine rings is 1. The number of amides is 1. The van der Waals surface area contributed by atoms with Crippen LogP contribution in [0.2, 0.25) is 10.0 Å². The number of hydrogen-bond donors (Lipinski definition) is 0. The lowest BCUT2D eigenvalue weighted by atomic mass is 10.1. The number of carbonyl (C=O) groups excluding carboxylic acids is 1. The summed E-state index contributed by atoms with van der Waals surface area (Å²) < 4.78 is 21.2. The smallest absolute Gasteiger partial charge is 0.274 e. The molecule has 1 aromatic heterocycles. The molecule has 0 unspecified atom stereocenters. The first kappa shape index (κ1) is 21.6. The highest BCUT2D eigenvalue weighted by molar-refractivity contribution is 6.32. The Morgan fingerprint density at radius 2 is 1.74 bits per heavy atom. The number of para-hydroxylation sites is 1. The lowest BCUT2D eigenvalue weighted by molar-refractivity contribution is 0.0619. The summed E-state index contributed by atoms with van der Waals surface area (Å²) in [5, 5.41) is 5.25. The predicted octanol–water partition coefficient (Wildman–Crippen LogP) is 4.32. The zero-order valence-corrected chi connectivity index (χ0v) is 18.2. The van der Waals surface area contributed by atoms with E-state index in [1.54, 1.807) is 46.1 Å². The van der Waals surface area contributed by atoms with E-state index in [-0.39, 0.29) is 18.5 Å². The van der Waals surface area contributed by atoms with Crippen molar-refractivity contribution in [2.24, 2.45) is 0 Å². The molecular weight excluding hydrogens is 442 g/mol. The number of hydrogen-bond acceptors (Lipinski definition) is 4. The molecule has 1 saturated heterocycles. The zero-order valence-electron chi connectivity index (χ0n) is 16.7. The molecule has 0 spiro atoms. The van der Waals surface area contributed by atoms with Crippen molar-refractivity contribution in [2.45, 2.75) is 13.3 Å². The van der Waals surface area contributed by atoms with Gasteiger partial charge in [-0.15, -0.1) is 0 Å². The SMILES string of the molecule is O=C(c1ccn(COc2ccccc2Cl)n1)N1CCN(Cc2c(F)cccc2Cl)CC1. The molecule has 9 heteroatoms. The van der Waals surface area contributed by atoms with Crippen LogP contribution in [0, 0.1) is 5.82 Å². The van der Waals surface area contributed by atoms with Gasteiger partial charge in [-0.25, -0.2) is 9.07 Å². The van der Waals surface area contributed by atoms with E-state index in [1.165, 1.54) is 6.07 Å². The minimum Gasteiger partial charge on any atom is -0.470 e. The third-order valence-electron chi connectivity index (χ3n) is 5.15. The van der Waals surface area contributed by atoms with Gasteiger partial charge in [-0.05, 0) is 30.3 Å². The van der Waals surface area contributed by atoms with E-state index in [0.717, 1.165) is 0 Å². The minimum atomic E-state index is -0.310. The lowest BCUT2D eigenvalue weighted by Crippen LogP contribution is -2.48. The zero-order chi connectivity index (χ0) is 21.8. The van der Waals surface area contributed by atoms with Crippen molar-refractivity contribution in [1.82, 2.24) is 19.6 Å². The average molecular weight is 463 g/mol. The summed E-state index contributed by atoms with van der Waals surface area (Å²) in [5.41, 5.74) is 0.842. The van der Waals surface area contributed by atoms with E-state index in [2.05, 4.69) is 10.00 Å². The predicted molar refractivity (Wildman–Crippen MR) is 117 cm³/mol. The second kappa shape index (κ2) is 9.68. The van der Waals surface area contributed by atoms with E-state index in [1.807, 2.05) is 12.1 Å². The number of halogens is 3. The first-order chi connectivity index (χ1) is 15.0. The third-order valence-corrected chi connectivity index (χ3v) is 5.82.